The number of Topliss-reactive ketones (excluding diaryl/α,β-unsaturated/α-hetero) is 2. The van der Waals surface area contributed by atoms with Crippen LogP contribution in [0.2, 0.25) is 16.6 Å². The second-order valence-electron chi connectivity index (χ2n) is 7.88. The van der Waals surface area contributed by atoms with E-state index in [0.29, 0.717) is 42.3 Å². The lowest BCUT2D eigenvalue weighted by molar-refractivity contribution is -0.134. The summed E-state index contributed by atoms with van der Waals surface area (Å²) < 4.78 is 0. The molecule has 1 rings (SSSR count). The summed E-state index contributed by atoms with van der Waals surface area (Å²) in [5.41, 5.74) is 4.76. The lowest BCUT2D eigenvalue weighted by atomic mass is 9.82. The maximum Gasteiger partial charge on any atom is 0.146 e. The maximum atomic E-state index is 12.0. The van der Waals surface area contributed by atoms with Crippen molar-refractivity contribution in [2.75, 3.05) is 0 Å². The van der Waals surface area contributed by atoms with E-state index in [9.17, 15) is 9.59 Å². The molecule has 1 saturated carbocycles. The van der Waals surface area contributed by atoms with Gasteiger partial charge in [-0.05, 0) is 30.0 Å². The van der Waals surface area contributed by atoms with Gasteiger partial charge < -0.3 is 0 Å². The second-order valence-corrected chi connectivity index (χ2v) is 13.5. The van der Waals surface area contributed by atoms with Gasteiger partial charge in [-0.1, -0.05) is 41.5 Å². The molecule has 1 fully saturated rings. The number of ketones is 2. The monoisotopic (exact) mass is 320 g/mol. The van der Waals surface area contributed by atoms with Crippen LogP contribution >= 0.6 is 0 Å². The van der Waals surface area contributed by atoms with Gasteiger partial charge in [0, 0.05) is 19.3 Å². The van der Waals surface area contributed by atoms with Crippen molar-refractivity contribution in [3.63, 3.8) is 0 Å². The predicted molar refractivity (Wildman–Crippen MR) is 95.4 cm³/mol. The van der Waals surface area contributed by atoms with Crippen LogP contribution in [0.3, 0.4) is 0 Å². The maximum absolute atomic E-state index is 12.0. The largest absolute Gasteiger partial charge is 0.299 e. The molecule has 0 atom stereocenters. The standard InChI is InChI=1S/C19H32O2Si/c1-14(2)22(15(3)4,16(5)6)13-9-8-12-19(7)17(20)10-11-18(19)21/h14-16H,8,10-12H2,1-7H3. The normalized spacial score (nSPS) is 18.3. The minimum atomic E-state index is -1.69. The topological polar surface area (TPSA) is 34.1 Å². The van der Waals surface area contributed by atoms with Crippen LogP contribution in [0.1, 0.15) is 74.1 Å². The predicted octanol–water partition coefficient (Wildman–Crippen LogP) is 4.93. The van der Waals surface area contributed by atoms with Crippen molar-refractivity contribution in [1.29, 1.82) is 0 Å². The summed E-state index contributed by atoms with van der Waals surface area (Å²) in [6.45, 7) is 15.6. The molecule has 2 nitrogen and oxygen atoms in total. The van der Waals surface area contributed by atoms with Crippen molar-refractivity contribution < 1.29 is 9.59 Å². The van der Waals surface area contributed by atoms with Crippen molar-refractivity contribution in [3.05, 3.63) is 0 Å². The number of hydrogen-bond acceptors (Lipinski definition) is 2. The summed E-state index contributed by atoms with van der Waals surface area (Å²) in [5, 5.41) is 0. The highest BCUT2D eigenvalue weighted by Gasteiger charge is 2.44. The Morgan fingerprint density at radius 2 is 1.36 bits per heavy atom. The third-order valence-corrected chi connectivity index (χ3v) is 12.1. The van der Waals surface area contributed by atoms with Gasteiger partial charge in [0.2, 0.25) is 0 Å². The van der Waals surface area contributed by atoms with Crippen LogP contribution in [-0.2, 0) is 9.59 Å². The van der Waals surface area contributed by atoms with E-state index >= 15 is 0 Å². The van der Waals surface area contributed by atoms with E-state index in [1.807, 2.05) is 6.92 Å². The molecule has 22 heavy (non-hydrogen) atoms. The van der Waals surface area contributed by atoms with Gasteiger partial charge in [-0.3, -0.25) is 9.59 Å². The van der Waals surface area contributed by atoms with E-state index in [2.05, 4.69) is 53.0 Å². The van der Waals surface area contributed by atoms with Crippen LogP contribution in [0.5, 0.6) is 0 Å². The molecule has 0 unspecified atom stereocenters. The van der Waals surface area contributed by atoms with Crippen molar-refractivity contribution in [2.24, 2.45) is 5.41 Å². The van der Waals surface area contributed by atoms with E-state index in [0.717, 1.165) is 0 Å². The summed E-state index contributed by atoms with van der Waals surface area (Å²) in [5.74, 6) is 3.59. The molecule has 0 aromatic carbocycles. The van der Waals surface area contributed by atoms with Crippen molar-refractivity contribution in [1.82, 2.24) is 0 Å². The second kappa shape index (κ2) is 7.13. The first kappa shape index (κ1) is 19.2. The SMILES string of the molecule is CC(C)[Si](C#CCCC1(C)C(=O)CCC1=O)(C(C)C)C(C)C. The molecule has 0 bridgehead atoms. The van der Waals surface area contributed by atoms with Gasteiger partial charge in [0.25, 0.3) is 0 Å². The van der Waals surface area contributed by atoms with Crippen LogP contribution in [0.15, 0.2) is 0 Å². The molecule has 0 amide bonds. The molecular formula is C19H32O2Si. The Morgan fingerprint density at radius 1 is 0.955 bits per heavy atom. The minimum Gasteiger partial charge on any atom is -0.299 e. The lowest BCUT2D eigenvalue weighted by Gasteiger charge is -2.38. The molecule has 0 heterocycles. The molecule has 0 spiro atoms. The van der Waals surface area contributed by atoms with Gasteiger partial charge in [0.15, 0.2) is 0 Å². The fraction of sp³-hybridized carbons (Fsp3) is 0.789. The molecule has 3 heteroatoms. The van der Waals surface area contributed by atoms with E-state index in [4.69, 9.17) is 0 Å². The average molecular weight is 321 g/mol. The summed E-state index contributed by atoms with van der Waals surface area (Å²) >= 11 is 0. The summed E-state index contributed by atoms with van der Waals surface area (Å²) in [7, 11) is -1.69. The third-order valence-electron chi connectivity index (χ3n) is 5.73. The quantitative estimate of drug-likeness (QED) is 0.409. The highest BCUT2D eigenvalue weighted by atomic mass is 28.3. The van der Waals surface area contributed by atoms with Crippen LogP contribution < -0.4 is 0 Å². The molecule has 0 aromatic heterocycles. The molecule has 0 aliphatic heterocycles. The van der Waals surface area contributed by atoms with E-state index in [1.54, 1.807) is 0 Å². The summed E-state index contributed by atoms with van der Waals surface area (Å²) in [6.07, 6.45) is 2.10. The van der Waals surface area contributed by atoms with Crippen LogP contribution in [-0.4, -0.2) is 19.6 Å². The highest BCUT2D eigenvalue weighted by molar-refractivity contribution is 6.90. The average Bonchev–Trinajstić information content (AvgIpc) is 2.65. The van der Waals surface area contributed by atoms with E-state index in [-0.39, 0.29) is 11.6 Å². The number of rotatable bonds is 5. The van der Waals surface area contributed by atoms with Crippen molar-refractivity contribution in [2.45, 2.75) is 90.8 Å². The first-order valence-electron chi connectivity index (χ1n) is 8.65. The zero-order chi connectivity index (χ0) is 17.1. The van der Waals surface area contributed by atoms with Crippen LogP contribution in [0.4, 0.5) is 0 Å². The van der Waals surface area contributed by atoms with Crippen molar-refractivity contribution in [3.8, 4) is 11.5 Å². The van der Waals surface area contributed by atoms with Crippen LogP contribution in [0, 0.1) is 16.9 Å². The molecule has 1 aliphatic carbocycles. The Hall–Kier alpha value is -0.883. The molecule has 0 saturated heterocycles. The fourth-order valence-electron chi connectivity index (χ4n) is 4.17. The third kappa shape index (κ3) is 3.38. The van der Waals surface area contributed by atoms with Gasteiger partial charge in [0.05, 0.1) is 5.41 Å². The van der Waals surface area contributed by atoms with Gasteiger partial charge in [-0.25, -0.2) is 0 Å². The molecule has 124 valence electrons. The van der Waals surface area contributed by atoms with E-state index in [1.165, 1.54) is 0 Å². The first-order valence-corrected chi connectivity index (χ1v) is 10.9. The number of carbonyl (C=O) groups is 2. The smallest absolute Gasteiger partial charge is 0.146 e. The highest BCUT2D eigenvalue weighted by Crippen LogP contribution is 2.41. The molecule has 0 aromatic rings. The lowest BCUT2D eigenvalue weighted by Crippen LogP contribution is -2.43. The molecular weight excluding hydrogens is 288 g/mol. The Labute approximate surface area is 137 Å². The molecule has 1 aliphatic rings. The summed E-state index contributed by atoms with van der Waals surface area (Å²) in [6, 6.07) is 0. The Balaban J connectivity index is 2.88. The zero-order valence-corrected chi connectivity index (χ0v) is 16.4. The Kier molecular flexibility index (Phi) is 6.21. The van der Waals surface area contributed by atoms with Gasteiger partial charge in [0.1, 0.15) is 19.6 Å². The Morgan fingerprint density at radius 3 is 1.73 bits per heavy atom. The first-order chi connectivity index (χ1) is 10.1. The van der Waals surface area contributed by atoms with Gasteiger partial charge in [-0.15, -0.1) is 11.5 Å². The van der Waals surface area contributed by atoms with Gasteiger partial charge >= 0.3 is 0 Å². The Bertz CT molecular complexity index is 454. The minimum absolute atomic E-state index is 0.111. The van der Waals surface area contributed by atoms with Gasteiger partial charge in [-0.2, -0.15) is 0 Å². The molecule has 0 N–H and O–H groups in total. The molecule has 0 radical (unpaired) electrons. The fourth-order valence-corrected chi connectivity index (χ4v) is 9.47. The van der Waals surface area contributed by atoms with E-state index < -0.39 is 13.5 Å². The number of hydrogen-bond donors (Lipinski definition) is 0. The van der Waals surface area contributed by atoms with Crippen molar-refractivity contribution >= 4 is 19.6 Å². The number of carbonyl (C=O) groups excluding carboxylic acids is 2. The van der Waals surface area contributed by atoms with Crippen LogP contribution in [0.25, 0.3) is 0 Å². The zero-order valence-electron chi connectivity index (χ0n) is 15.4. The summed E-state index contributed by atoms with van der Waals surface area (Å²) in [4.78, 5) is 23.9.